The number of aryl methyl sites for hydroxylation is 3. The maximum absolute atomic E-state index is 8.88. The molecule has 2 heteroatoms. The van der Waals surface area contributed by atoms with Gasteiger partial charge >= 0.3 is 0 Å². The van der Waals surface area contributed by atoms with E-state index < -0.39 is 0 Å². The summed E-state index contributed by atoms with van der Waals surface area (Å²) in [5.74, 6) is 13.3. The monoisotopic (exact) mass is 523 g/mol. The van der Waals surface area contributed by atoms with Crippen LogP contribution in [0.2, 0.25) is 0 Å². The molecule has 4 aromatic carbocycles. The van der Waals surface area contributed by atoms with Crippen LogP contribution in [0.1, 0.15) is 72.1 Å². The Morgan fingerprint density at radius 2 is 1.31 bits per heavy atom. The largest absolute Gasteiger partial charge is 0.185 e. The van der Waals surface area contributed by atoms with Crippen LogP contribution in [0.25, 0.3) is 11.1 Å². The topological polar surface area (TPSA) is 23.8 Å². The van der Waals surface area contributed by atoms with Gasteiger partial charge in [0.25, 0.3) is 0 Å². The first kappa shape index (κ1) is 27.9. The smallest absolute Gasteiger partial charge is 0.138 e. The maximum Gasteiger partial charge on any atom is 0.138 e. The third-order valence-corrected chi connectivity index (χ3v) is 7.35. The second kappa shape index (κ2) is 14.1. The van der Waals surface area contributed by atoms with Gasteiger partial charge in [0.15, 0.2) is 0 Å². The van der Waals surface area contributed by atoms with Gasteiger partial charge in [-0.15, -0.1) is 0 Å². The van der Waals surface area contributed by atoms with Crippen molar-refractivity contribution in [3.63, 3.8) is 0 Å². The fraction of sp³-hybridized carbons (Fsp3) is 0.216. The summed E-state index contributed by atoms with van der Waals surface area (Å²) in [5.41, 5.74) is 10.1. The standard InChI is InChI=1S/C37H33NS/c1-4-6-7-8-29-11-16-35(17-12-29)36-18-13-30(14-19-36)9-10-31-15-20-34(32(5-2)26-31)22-21-33-23-24-37(39-27-38)25-28(33)3/h11-20,23-26H,4-8H2,1-3H3. The van der Waals surface area contributed by atoms with Gasteiger partial charge in [0, 0.05) is 27.1 Å². The van der Waals surface area contributed by atoms with Gasteiger partial charge in [0.05, 0.1) is 0 Å². The summed E-state index contributed by atoms with van der Waals surface area (Å²) in [6, 6.07) is 29.7. The van der Waals surface area contributed by atoms with Crippen LogP contribution in [0.4, 0.5) is 0 Å². The fourth-order valence-electron chi connectivity index (χ4n) is 4.45. The van der Waals surface area contributed by atoms with Gasteiger partial charge in [-0.1, -0.05) is 86.8 Å². The van der Waals surface area contributed by atoms with E-state index in [1.165, 1.54) is 53.3 Å². The van der Waals surface area contributed by atoms with Crippen LogP contribution in [0.3, 0.4) is 0 Å². The minimum atomic E-state index is 0.891. The van der Waals surface area contributed by atoms with Gasteiger partial charge < -0.3 is 0 Å². The molecule has 0 fully saturated rings. The van der Waals surface area contributed by atoms with E-state index in [1.54, 1.807) is 0 Å². The Balaban J connectivity index is 1.45. The van der Waals surface area contributed by atoms with Crippen molar-refractivity contribution in [2.45, 2.75) is 57.8 Å². The molecule has 4 aromatic rings. The zero-order valence-corrected chi connectivity index (χ0v) is 23.8. The predicted molar refractivity (Wildman–Crippen MR) is 166 cm³/mol. The molecule has 4 rings (SSSR count). The normalized spacial score (nSPS) is 10.1. The summed E-state index contributed by atoms with van der Waals surface area (Å²) in [6.45, 7) is 6.42. The zero-order chi connectivity index (χ0) is 27.5. The molecule has 0 amide bonds. The third kappa shape index (κ3) is 7.91. The maximum atomic E-state index is 8.88. The van der Waals surface area contributed by atoms with Crippen LogP contribution in [-0.2, 0) is 12.8 Å². The lowest BCUT2D eigenvalue weighted by Crippen LogP contribution is -1.90. The minimum absolute atomic E-state index is 0.891. The van der Waals surface area contributed by atoms with E-state index in [9.17, 15) is 0 Å². The molecule has 0 aromatic heterocycles. The third-order valence-electron chi connectivity index (χ3n) is 6.77. The van der Waals surface area contributed by atoms with Crippen molar-refractivity contribution < 1.29 is 0 Å². The molecule has 0 spiro atoms. The number of thioether (sulfide) groups is 1. The molecular formula is C37H33NS. The second-order valence-electron chi connectivity index (χ2n) is 9.63. The van der Waals surface area contributed by atoms with E-state index in [4.69, 9.17) is 5.26 Å². The van der Waals surface area contributed by atoms with E-state index in [-0.39, 0.29) is 0 Å². The number of thiocyanates is 1. The lowest BCUT2D eigenvalue weighted by Gasteiger charge is -2.05. The Hall–Kier alpha value is -4.16. The molecular weight excluding hydrogens is 490 g/mol. The van der Waals surface area contributed by atoms with Crippen molar-refractivity contribution >= 4 is 11.8 Å². The van der Waals surface area contributed by atoms with E-state index in [0.717, 1.165) is 45.6 Å². The molecule has 0 unspecified atom stereocenters. The molecule has 0 heterocycles. The fourth-order valence-corrected chi connectivity index (χ4v) is 4.92. The summed E-state index contributed by atoms with van der Waals surface area (Å²) < 4.78 is 0. The van der Waals surface area contributed by atoms with Gasteiger partial charge in [-0.3, -0.25) is 0 Å². The van der Waals surface area contributed by atoms with Gasteiger partial charge in [-0.2, -0.15) is 5.26 Å². The summed E-state index contributed by atoms with van der Waals surface area (Å²) in [5, 5.41) is 11.0. The number of nitriles is 1. The van der Waals surface area contributed by atoms with Crippen molar-refractivity contribution in [3.05, 3.63) is 124 Å². The molecule has 0 bridgehead atoms. The Morgan fingerprint density at radius 1 is 0.667 bits per heavy atom. The average Bonchev–Trinajstić information content (AvgIpc) is 2.97. The quantitative estimate of drug-likeness (QED) is 0.104. The van der Waals surface area contributed by atoms with Crippen molar-refractivity contribution in [1.82, 2.24) is 0 Å². The Kier molecular flexibility index (Phi) is 10.1. The first-order valence-electron chi connectivity index (χ1n) is 13.6. The van der Waals surface area contributed by atoms with Crippen molar-refractivity contribution in [1.29, 1.82) is 5.26 Å². The molecule has 0 radical (unpaired) electrons. The number of benzene rings is 4. The summed E-state index contributed by atoms with van der Waals surface area (Å²) >= 11 is 1.17. The van der Waals surface area contributed by atoms with Crippen LogP contribution in [0.5, 0.6) is 0 Å². The SMILES string of the molecule is CCCCCc1ccc(-c2ccc(C#Cc3ccc(C#Cc4ccc(SC#N)cc4C)c(CC)c3)cc2)cc1. The summed E-state index contributed by atoms with van der Waals surface area (Å²) in [7, 11) is 0. The van der Waals surface area contributed by atoms with E-state index in [0.29, 0.717) is 0 Å². The lowest BCUT2D eigenvalue weighted by atomic mass is 10.00. The van der Waals surface area contributed by atoms with E-state index in [1.807, 2.05) is 31.2 Å². The molecule has 0 aliphatic rings. The molecule has 1 nitrogen and oxygen atoms in total. The zero-order valence-electron chi connectivity index (χ0n) is 23.0. The van der Waals surface area contributed by atoms with Crippen molar-refractivity contribution in [2.75, 3.05) is 0 Å². The van der Waals surface area contributed by atoms with E-state index >= 15 is 0 Å². The first-order valence-corrected chi connectivity index (χ1v) is 14.4. The Bertz CT molecular complexity index is 1580. The first-order chi connectivity index (χ1) is 19.1. The molecule has 39 heavy (non-hydrogen) atoms. The molecule has 0 aliphatic heterocycles. The lowest BCUT2D eigenvalue weighted by molar-refractivity contribution is 0.717. The molecule has 192 valence electrons. The van der Waals surface area contributed by atoms with Gasteiger partial charge in [0.1, 0.15) is 5.40 Å². The Morgan fingerprint density at radius 3 is 1.97 bits per heavy atom. The number of hydrogen-bond donors (Lipinski definition) is 0. The molecule has 0 saturated carbocycles. The van der Waals surface area contributed by atoms with Crippen LogP contribution in [0, 0.1) is 41.3 Å². The van der Waals surface area contributed by atoms with E-state index in [2.05, 4.69) is 104 Å². The highest BCUT2D eigenvalue weighted by molar-refractivity contribution is 8.03. The number of nitrogens with zero attached hydrogens (tertiary/aromatic N) is 1. The van der Waals surface area contributed by atoms with Crippen LogP contribution in [0.15, 0.2) is 89.8 Å². The minimum Gasteiger partial charge on any atom is -0.185 e. The van der Waals surface area contributed by atoms with Crippen LogP contribution in [-0.4, -0.2) is 0 Å². The van der Waals surface area contributed by atoms with Crippen molar-refractivity contribution in [3.8, 4) is 40.2 Å². The number of unbranched alkanes of at least 4 members (excludes halogenated alkanes) is 2. The van der Waals surface area contributed by atoms with Gasteiger partial charge in [0.2, 0.25) is 0 Å². The van der Waals surface area contributed by atoms with Gasteiger partial charge in [-0.25, -0.2) is 0 Å². The Labute approximate surface area is 238 Å². The molecule has 0 atom stereocenters. The number of rotatable bonds is 7. The highest BCUT2D eigenvalue weighted by atomic mass is 32.2. The molecule has 0 saturated heterocycles. The van der Waals surface area contributed by atoms with Gasteiger partial charge in [-0.05, 0) is 114 Å². The molecule has 0 aliphatic carbocycles. The molecule has 0 N–H and O–H groups in total. The highest BCUT2D eigenvalue weighted by Crippen LogP contribution is 2.22. The summed E-state index contributed by atoms with van der Waals surface area (Å²) in [6.07, 6.45) is 5.86. The average molecular weight is 524 g/mol. The summed E-state index contributed by atoms with van der Waals surface area (Å²) in [4.78, 5) is 0.944. The van der Waals surface area contributed by atoms with Crippen LogP contribution < -0.4 is 0 Å². The second-order valence-corrected chi connectivity index (χ2v) is 10.5. The predicted octanol–water partition coefficient (Wildman–Crippen LogP) is 9.33. The van der Waals surface area contributed by atoms with Crippen molar-refractivity contribution in [2.24, 2.45) is 0 Å². The van der Waals surface area contributed by atoms with Crippen LogP contribution >= 0.6 is 11.8 Å². The number of hydrogen-bond acceptors (Lipinski definition) is 2. The highest BCUT2D eigenvalue weighted by Gasteiger charge is 2.02.